The highest BCUT2D eigenvalue weighted by Gasteiger charge is 2.39. The molecule has 0 unspecified atom stereocenters. The van der Waals surface area contributed by atoms with Gasteiger partial charge in [-0.1, -0.05) is 18.2 Å². The molecule has 0 aliphatic carbocycles. The summed E-state index contributed by atoms with van der Waals surface area (Å²) >= 11 is 1.75. The number of nitrogens with zero attached hydrogens (tertiary/aromatic N) is 3. The van der Waals surface area contributed by atoms with Crippen LogP contribution in [0.3, 0.4) is 0 Å². The zero-order chi connectivity index (χ0) is 23.5. The zero-order valence-corrected chi connectivity index (χ0v) is 20.0. The van der Waals surface area contributed by atoms with Gasteiger partial charge in [-0.15, -0.1) is 11.8 Å². The van der Waals surface area contributed by atoms with Crippen LogP contribution in [0.5, 0.6) is 0 Å². The number of aryl methyl sites for hydroxylation is 1. The number of halogens is 2. The Morgan fingerprint density at radius 1 is 1.18 bits per heavy atom. The number of anilines is 1. The number of methoxy groups -OCH3 is 1. The fourth-order valence-electron chi connectivity index (χ4n) is 4.48. The van der Waals surface area contributed by atoms with Crippen molar-refractivity contribution in [2.45, 2.75) is 30.2 Å². The molecular weight excluding hydrogens is 454 g/mol. The number of fused-ring (bicyclic) bond motifs is 1. The summed E-state index contributed by atoms with van der Waals surface area (Å²) in [7, 11) is 1.70. The van der Waals surface area contributed by atoms with E-state index in [4.69, 9.17) is 4.74 Å². The predicted octanol–water partition coefficient (Wildman–Crippen LogP) is 5.86. The number of nitrogens with one attached hydrogen (secondary N) is 1. The molecule has 0 atom stereocenters. The summed E-state index contributed by atoms with van der Waals surface area (Å²) in [4.78, 5) is 10.9. The maximum Gasteiger partial charge on any atom is 0.266 e. The van der Waals surface area contributed by atoms with Crippen LogP contribution >= 0.6 is 11.8 Å². The Balaban J connectivity index is 1.39. The number of imidazole rings is 1. The van der Waals surface area contributed by atoms with Crippen molar-refractivity contribution in [2.75, 3.05) is 37.5 Å². The molecule has 0 spiro atoms. The average Bonchev–Trinajstić information content (AvgIpc) is 3.55. The van der Waals surface area contributed by atoms with Gasteiger partial charge in [-0.05, 0) is 30.3 Å². The molecule has 1 fully saturated rings. The summed E-state index contributed by atoms with van der Waals surface area (Å²) in [5.74, 6) is -0.732. The van der Waals surface area contributed by atoms with Crippen LogP contribution in [0.2, 0.25) is 0 Å². The summed E-state index contributed by atoms with van der Waals surface area (Å²) in [6.45, 7) is 1.56. The lowest BCUT2D eigenvalue weighted by Gasteiger charge is -2.22. The maximum absolute atomic E-state index is 14.0. The quantitative estimate of drug-likeness (QED) is 0.304. The normalized spacial score (nSPS) is 15.4. The number of aromatic amines is 1. The van der Waals surface area contributed by atoms with Crippen molar-refractivity contribution in [1.82, 2.24) is 14.5 Å². The standard InChI is InChI=1S/C26H28F2N4OS/c1-33-14-13-31-12-10-29-25(31)8-15-34-20-6-7-24(32-11-9-26(27,28)18-32)21(17-20)23-16-19-4-2-3-5-22(19)30-23/h2-7,10,12,16-17,30H,8-9,11,13-15,18H2,1H3. The van der Waals surface area contributed by atoms with Gasteiger partial charge in [0, 0.05) is 83.9 Å². The van der Waals surface area contributed by atoms with E-state index in [9.17, 15) is 8.78 Å². The molecule has 0 bridgehead atoms. The average molecular weight is 483 g/mol. The molecule has 8 heteroatoms. The first-order valence-electron chi connectivity index (χ1n) is 11.5. The number of benzene rings is 2. The smallest absolute Gasteiger partial charge is 0.266 e. The summed E-state index contributed by atoms with van der Waals surface area (Å²) in [6, 6.07) is 16.3. The second kappa shape index (κ2) is 9.80. The van der Waals surface area contributed by atoms with Crippen LogP contribution in [0.15, 0.2) is 65.8 Å². The van der Waals surface area contributed by atoms with Crippen molar-refractivity contribution >= 4 is 28.4 Å². The lowest BCUT2D eigenvalue weighted by atomic mass is 10.1. The highest BCUT2D eigenvalue weighted by molar-refractivity contribution is 7.99. The number of aromatic nitrogens is 3. The molecule has 4 aromatic rings. The van der Waals surface area contributed by atoms with Crippen LogP contribution in [0.25, 0.3) is 22.2 Å². The maximum atomic E-state index is 14.0. The second-order valence-corrected chi connectivity index (χ2v) is 9.77. The van der Waals surface area contributed by atoms with Crippen LogP contribution < -0.4 is 4.90 Å². The van der Waals surface area contributed by atoms with Crippen LogP contribution in [0.1, 0.15) is 12.2 Å². The lowest BCUT2D eigenvalue weighted by molar-refractivity contribution is 0.0257. The van der Waals surface area contributed by atoms with E-state index in [2.05, 4.69) is 32.7 Å². The molecule has 1 aliphatic heterocycles. The number of H-pyrrole nitrogens is 1. The minimum atomic E-state index is -2.64. The van der Waals surface area contributed by atoms with Gasteiger partial charge in [0.1, 0.15) is 5.82 Å². The third-order valence-corrected chi connectivity index (χ3v) is 7.23. The van der Waals surface area contributed by atoms with E-state index in [1.54, 1.807) is 18.9 Å². The first-order chi connectivity index (χ1) is 16.5. The Kier molecular flexibility index (Phi) is 6.61. The Morgan fingerprint density at radius 3 is 2.85 bits per heavy atom. The SMILES string of the molecule is COCCn1ccnc1CCSc1ccc(N2CCC(F)(F)C2)c(-c2cc3ccccc3[nH]2)c1. The van der Waals surface area contributed by atoms with Gasteiger partial charge in [0.25, 0.3) is 5.92 Å². The molecule has 3 heterocycles. The van der Waals surface area contributed by atoms with Gasteiger partial charge in [0.2, 0.25) is 0 Å². The summed E-state index contributed by atoms with van der Waals surface area (Å²) < 4.78 is 35.3. The summed E-state index contributed by atoms with van der Waals surface area (Å²) in [5.41, 5.74) is 3.80. The molecule has 5 rings (SSSR count). The van der Waals surface area contributed by atoms with Crippen molar-refractivity contribution in [1.29, 1.82) is 0 Å². The van der Waals surface area contributed by atoms with Crippen LogP contribution in [0, 0.1) is 0 Å². The molecule has 178 valence electrons. The minimum Gasteiger partial charge on any atom is -0.383 e. The Labute approximate surface area is 202 Å². The van der Waals surface area contributed by atoms with E-state index >= 15 is 0 Å². The third-order valence-electron chi connectivity index (χ3n) is 6.23. The Hall–Kier alpha value is -2.84. The monoisotopic (exact) mass is 482 g/mol. The number of thioether (sulfide) groups is 1. The van der Waals surface area contributed by atoms with Gasteiger partial charge in [-0.2, -0.15) is 0 Å². The van der Waals surface area contributed by atoms with Crippen molar-refractivity contribution in [2.24, 2.45) is 0 Å². The Bertz CT molecular complexity index is 1240. The minimum absolute atomic E-state index is 0.106. The number of alkyl halides is 2. The highest BCUT2D eigenvalue weighted by atomic mass is 32.2. The van der Waals surface area contributed by atoms with Crippen LogP contribution in [0.4, 0.5) is 14.5 Å². The van der Waals surface area contributed by atoms with E-state index in [-0.39, 0.29) is 13.0 Å². The van der Waals surface area contributed by atoms with Crippen molar-refractivity contribution in [3.63, 3.8) is 0 Å². The van der Waals surface area contributed by atoms with Crippen molar-refractivity contribution in [3.8, 4) is 11.3 Å². The number of ether oxygens (including phenoxy) is 1. The first kappa shape index (κ1) is 22.9. The highest BCUT2D eigenvalue weighted by Crippen LogP contribution is 2.39. The van der Waals surface area contributed by atoms with Gasteiger partial charge >= 0.3 is 0 Å². The fourth-order valence-corrected chi connectivity index (χ4v) is 5.36. The number of rotatable bonds is 9. The largest absolute Gasteiger partial charge is 0.383 e. The molecule has 0 radical (unpaired) electrons. The molecule has 1 saturated heterocycles. The van der Waals surface area contributed by atoms with E-state index in [0.29, 0.717) is 13.2 Å². The topological polar surface area (TPSA) is 46.1 Å². The van der Waals surface area contributed by atoms with Crippen LogP contribution in [-0.2, 0) is 17.7 Å². The molecule has 5 nitrogen and oxygen atoms in total. The second-order valence-electron chi connectivity index (χ2n) is 8.60. The third kappa shape index (κ3) is 4.98. The molecule has 0 saturated carbocycles. The summed E-state index contributed by atoms with van der Waals surface area (Å²) in [6.07, 6.45) is 4.53. The molecule has 1 aliphatic rings. The van der Waals surface area contributed by atoms with E-state index in [1.165, 1.54) is 0 Å². The number of hydrogen-bond donors (Lipinski definition) is 1. The zero-order valence-electron chi connectivity index (χ0n) is 19.1. The number of para-hydroxylation sites is 1. The molecular formula is C26H28F2N4OS. The van der Waals surface area contributed by atoms with Gasteiger partial charge in [-0.25, -0.2) is 13.8 Å². The predicted molar refractivity (Wildman–Crippen MR) is 134 cm³/mol. The van der Waals surface area contributed by atoms with E-state index in [1.807, 2.05) is 47.6 Å². The van der Waals surface area contributed by atoms with Crippen molar-refractivity contribution in [3.05, 3.63) is 66.7 Å². The first-order valence-corrected chi connectivity index (χ1v) is 12.5. The molecule has 2 aromatic carbocycles. The Morgan fingerprint density at radius 2 is 2.06 bits per heavy atom. The fraction of sp³-hybridized carbons (Fsp3) is 0.346. The lowest BCUT2D eigenvalue weighted by Crippen LogP contribution is -2.25. The van der Waals surface area contributed by atoms with Crippen molar-refractivity contribution < 1.29 is 13.5 Å². The van der Waals surface area contributed by atoms with E-state index in [0.717, 1.165) is 57.3 Å². The molecule has 34 heavy (non-hydrogen) atoms. The molecule has 0 amide bonds. The summed E-state index contributed by atoms with van der Waals surface area (Å²) in [5, 5.41) is 1.11. The molecule has 2 aromatic heterocycles. The van der Waals surface area contributed by atoms with Gasteiger partial charge in [0.15, 0.2) is 0 Å². The molecule has 1 N–H and O–H groups in total. The van der Waals surface area contributed by atoms with Gasteiger partial charge < -0.3 is 19.2 Å². The van der Waals surface area contributed by atoms with Gasteiger partial charge in [-0.3, -0.25) is 0 Å². The van der Waals surface area contributed by atoms with E-state index < -0.39 is 5.92 Å². The number of hydrogen-bond acceptors (Lipinski definition) is 4. The van der Waals surface area contributed by atoms with Gasteiger partial charge in [0.05, 0.1) is 13.2 Å². The van der Waals surface area contributed by atoms with Crippen LogP contribution in [-0.4, -0.2) is 53.0 Å².